The van der Waals surface area contributed by atoms with E-state index < -0.39 is 80.8 Å². The Morgan fingerprint density at radius 3 is 1.70 bits per heavy atom. The van der Waals surface area contributed by atoms with Gasteiger partial charge in [-0.05, 0) is 18.8 Å². The van der Waals surface area contributed by atoms with E-state index in [1.807, 2.05) is 0 Å². The van der Waals surface area contributed by atoms with E-state index in [1.165, 1.54) is 0 Å². The van der Waals surface area contributed by atoms with Gasteiger partial charge in [0.05, 0.1) is 6.07 Å². The third kappa shape index (κ3) is 1.82. The summed E-state index contributed by atoms with van der Waals surface area (Å²) in [5.74, 6) is -22.1. The van der Waals surface area contributed by atoms with Crippen molar-refractivity contribution in [2.45, 2.75) is 82.4 Å². The minimum atomic E-state index is -5.13. The minimum absolute atomic E-state index is 0.0967. The molecule has 37 heavy (non-hydrogen) atoms. The van der Waals surface area contributed by atoms with Gasteiger partial charge in [-0.25, -0.2) is 0 Å². The summed E-state index contributed by atoms with van der Waals surface area (Å²) >= 11 is 0. The van der Waals surface area contributed by atoms with Gasteiger partial charge in [0.25, 0.3) is 0 Å². The molecule has 0 aromatic carbocycles. The van der Waals surface area contributed by atoms with E-state index in [-0.39, 0.29) is 12.3 Å². The number of hydrogen-bond acceptors (Lipinski definition) is 18. The van der Waals surface area contributed by atoms with E-state index in [4.69, 9.17) is 17.2 Å². The molecule has 4 bridgehead atoms. The monoisotopic (exact) mass is 537 g/mol. The van der Waals surface area contributed by atoms with Gasteiger partial charge >= 0.3 is 0 Å². The van der Waals surface area contributed by atoms with Crippen LogP contribution in [0.25, 0.3) is 0 Å². The number of carbonyl (C=O) groups is 1. The maximum atomic E-state index is 13.6. The number of likely N-dealkylation sites (tertiary alicyclic amines) is 1. The SMILES string of the molecule is N#CC1CC2CC2N1C(=O)C(N)C12C(N)(O)C3(O)C(N)(O)C(O)(C(O)(O)C(O)(C3(O)O)C1(O)O)C2(O)O. The van der Waals surface area contributed by atoms with Crippen LogP contribution in [0.15, 0.2) is 0 Å². The number of nitrogens with two attached hydrogens (primary N) is 3. The molecule has 10 atom stereocenters. The van der Waals surface area contributed by atoms with Crippen molar-refractivity contribution in [1.82, 2.24) is 4.90 Å². The van der Waals surface area contributed by atoms with Crippen LogP contribution in [0.3, 0.4) is 0 Å². The molecule has 6 aliphatic rings. The molecule has 6 fully saturated rings. The average Bonchev–Trinajstić information content (AvgIpc) is 3.42. The predicted octanol–water partition coefficient (Wildman–Crippen LogP) is -10.9. The molecule has 19 nitrogen and oxygen atoms in total. The highest BCUT2D eigenvalue weighted by Crippen LogP contribution is 2.79. The van der Waals surface area contributed by atoms with Crippen LogP contribution in [0.1, 0.15) is 12.8 Å². The van der Waals surface area contributed by atoms with Gasteiger partial charge in [-0.3, -0.25) is 10.5 Å². The predicted molar refractivity (Wildman–Crippen MR) is 105 cm³/mol. The highest BCUT2D eigenvalue weighted by molar-refractivity contribution is 5.86. The van der Waals surface area contributed by atoms with Crippen LogP contribution >= 0.6 is 0 Å². The van der Waals surface area contributed by atoms with Crippen LogP contribution < -0.4 is 17.2 Å². The molecule has 10 unspecified atom stereocenters. The van der Waals surface area contributed by atoms with Crippen molar-refractivity contribution in [3.63, 3.8) is 0 Å². The fourth-order valence-corrected chi connectivity index (χ4v) is 7.65. The van der Waals surface area contributed by atoms with Crippen molar-refractivity contribution < 1.29 is 71.2 Å². The Hall–Kier alpha value is -1.68. The van der Waals surface area contributed by atoms with E-state index in [9.17, 15) is 76.4 Å². The number of piperidine rings is 1. The Labute approximate surface area is 205 Å². The summed E-state index contributed by atoms with van der Waals surface area (Å²) in [7, 11) is 0. The third-order valence-corrected chi connectivity index (χ3v) is 9.62. The smallest absolute Gasteiger partial charge is 0.243 e. The van der Waals surface area contributed by atoms with Crippen LogP contribution in [0.2, 0.25) is 0 Å². The molecule has 6 rings (SSSR count). The van der Waals surface area contributed by atoms with Crippen molar-refractivity contribution in [1.29, 1.82) is 5.26 Å². The maximum Gasteiger partial charge on any atom is 0.243 e. The second kappa shape index (κ2) is 6.06. The Balaban J connectivity index is 1.90. The number of hydrogen-bond donors (Lipinski definition) is 16. The normalized spacial score (nSPS) is 56.0. The lowest BCUT2D eigenvalue weighted by Gasteiger charge is -2.85. The largest absolute Gasteiger partial charge is 0.376 e. The van der Waals surface area contributed by atoms with E-state index >= 15 is 0 Å². The lowest BCUT2D eigenvalue weighted by molar-refractivity contribution is -0.680. The highest BCUT2D eigenvalue weighted by atomic mass is 16.7. The van der Waals surface area contributed by atoms with E-state index in [0.29, 0.717) is 6.42 Å². The summed E-state index contributed by atoms with van der Waals surface area (Å²) in [5.41, 5.74) is -11.8. The van der Waals surface area contributed by atoms with E-state index in [0.717, 1.165) is 4.90 Å². The summed E-state index contributed by atoms with van der Waals surface area (Å²) in [6, 6.07) is -3.34. The summed E-state index contributed by atoms with van der Waals surface area (Å²) in [6.45, 7) is 0. The lowest BCUT2D eigenvalue weighted by Crippen LogP contribution is -3.19. The topological polar surface area (TPSA) is 385 Å². The van der Waals surface area contributed by atoms with Gasteiger partial charge in [-0.2, -0.15) is 5.26 Å². The molecule has 19 heteroatoms. The molecule has 0 radical (unpaired) electrons. The number of nitriles is 1. The standard InChI is InChI=1S/C18H27N5O14/c19-3-5-1-4-2-6(4)23(5)8(24)7(20)9-13(21,28)10(25)14(22,29)11(26,15(9,30)31)18(36,37)12(27,16(9,32)33)17(10,34)35/h4-7,25-37H,1-2,20-22H2. The van der Waals surface area contributed by atoms with Gasteiger partial charge in [-0.15, -0.1) is 0 Å². The molecule has 5 saturated carbocycles. The molecule has 1 saturated heterocycles. The van der Waals surface area contributed by atoms with Crippen LogP contribution in [0.5, 0.6) is 0 Å². The summed E-state index contributed by atoms with van der Waals surface area (Å²) in [4.78, 5) is 14.3. The molecule has 0 aromatic rings. The molecule has 0 spiro atoms. The van der Waals surface area contributed by atoms with Gasteiger partial charge < -0.3 is 82.8 Å². The Bertz CT molecular complexity index is 1050. The highest BCUT2D eigenvalue weighted by Gasteiger charge is 3.13. The summed E-state index contributed by atoms with van der Waals surface area (Å²) < 4.78 is 0. The van der Waals surface area contributed by atoms with Gasteiger partial charge in [0.15, 0.2) is 16.9 Å². The molecule has 1 aliphatic heterocycles. The first kappa shape index (κ1) is 26.9. The number of aliphatic hydroxyl groups is 13. The molecule has 1 amide bonds. The van der Waals surface area contributed by atoms with Gasteiger partial charge in [0, 0.05) is 6.04 Å². The van der Waals surface area contributed by atoms with Crippen molar-refractivity contribution in [2.75, 3.05) is 0 Å². The molecule has 5 aliphatic carbocycles. The van der Waals surface area contributed by atoms with Crippen molar-refractivity contribution in [3.8, 4) is 6.07 Å². The van der Waals surface area contributed by atoms with Crippen molar-refractivity contribution in [2.24, 2.45) is 28.5 Å². The minimum Gasteiger partial charge on any atom is -0.376 e. The lowest BCUT2D eigenvalue weighted by atomic mass is 9.28. The quantitative estimate of drug-likeness (QED) is 0.145. The molecular weight excluding hydrogens is 510 g/mol. The fraction of sp³-hybridized carbons (Fsp3) is 0.889. The maximum absolute atomic E-state index is 13.6. The van der Waals surface area contributed by atoms with Crippen LogP contribution in [0.4, 0.5) is 0 Å². The number of carbonyl (C=O) groups excluding carboxylic acids is 1. The Morgan fingerprint density at radius 1 is 0.757 bits per heavy atom. The Morgan fingerprint density at radius 2 is 1.22 bits per heavy atom. The fourth-order valence-electron chi connectivity index (χ4n) is 7.65. The van der Waals surface area contributed by atoms with Crippen molar-refractivity contribution in [3.05, 3.63) is 0 Å². The first-order valence-electron chi connectivity index (χ1n) is 10.8. The Kier molecular flexibility index (Phi) is 4.40. The number of rotatable bonds is 2. The first-order valence-corrected chi connectivity index (χ1v) is 10.8. The summed E-state index contributed by atoms with van der Waals surface area (Å²) in [6.07, 6.45) is 0.413. The zero-order valence-corrected chi connectivity index (χ0v) is 18.6. The molecule has 1 heterocycles. The average molecular weight is 537 g/mol. The molecular formula is C18H27N5O14. The van der Waals surface area contributed by atoms with Gasteiger partial charge in [0.1, 0.15) is 12.1 Å². The second-order valence-corrected chi connectivity index (χ2v) is 10.8. The van der Waals surface area contributed by atoms with E-state index in [1.54, 1.807) is 6.07 Å². The number of fused-ring (bicyclic) bond motifs is 1. The molecule has 0 aromatic heterocycles. The van der Waals surface area contributed by atoms with Crippen LogP contribution in [-0.2, 0) is 4.79 Å². The zero-order chi connectivity index (χ0) is 28.6. The van der Waals surface area contributed by atoms with E-state index in [2.05, 4.69) is 0 Å². The molecule has 19 N–H and O–H groups in total. The zero-order valence-electron chi connectivity index (χ0n) is 18.6. The third-order valence-electron chi connectivity index (χ3n) is 9.62. The first-order chi connectivity index (χ1) is 16.4. The van der Waals surface area contributed by atoms with Gasteiger partial charge in [0.2, 0.25) is 45.9 Å². The second-order valence-electron chi connectivity index (χ2n) is 10.8. The van der Waals surface area contributed by atoms with Crippen LogP contribution in [0, 0.1) is 22.7 Å². The number of amides is 1. The van der Waals surface area contributed by atoms with Gasteiger partial charge in [-0.1, -0.05) is 0 Å². The summed E-state index contributed by atoms with van der Waals surface area (Å²) in [5, 5.41) is 153. The number of nitrogens with zero attached hydrogens (tertiary/aromatic N) is 2. The van der Waals surface area contributed by atoms with Crippen molar-refractivity contribution >= 4 is 5.91 Å². The van der Waals surface area contributed by atoms with Crippen LogP contribution in [-0.4, -0.2) is 147 Å². The molecule has 208 valence electrons.